The largest absolute Gasteiger partial charge is 0.236 e. The van der Waals surface area contributed by atoms with Crippen LogP contribution in [0.25, 0.3) is 6.08 Å². The number of nitrogens with zero attached hydrogens (tertiary/aromatic N) is 1. The molecule has 0 spiro atoms. The third-order valence-corrected chi connectivity index (χ3v) is 6.38. The molecule has 1 aromatic carbocycles. The van der Waals surface area contributed by atoms with E-state index < -0.39 is 10.0 Å². The van der Waals surface area contributed by atoms with Crippen LogP contribution in [0, 0.1) is 11.8 Å². The van der Waals surface area contributed by atoms with Gasteiger partial charge < -0.3 is 0 Å². The van der Waals surface area contributed by atoms with E-state index in [-0.39, 0.29) is 0 Å². The summed E-state index contributed by atoms with van der Waals surface area (Å²) < 4.78 is 26.6. The van der Waals surface area contributed by atoms with Crippen LogP contribution in [-0.4, -0.2) is 25.8 Å². The molecule has 114 valence electrons. The molecular formula is C17H23NO2S. The average Bonchev–Trinajstić information content (AvgIpc) is 2.53. The summed E-state index contributed by atoms with van der Waals surface area (Å²) in [6.07, 6.45) is 7.79. The number of benzene rings is 1. The maximum absolute atomic E-state index is 12.5. The Morgan fingerprint density at radius 2 is 1.71 bits per heavy atom. The van der Waals surface area contributed by atoms with Gasteiger partial charge in [-0.1, -0.05) is 49.6 Å². The maximum atomic E-state index is 12.5. The van der Waals surface area contributed by atoms with Crippen molar-refractivity contribution in [1.29, 1.82) is 0 Å². The minimum atomic E-state index is -3.28. The highest BCUT2D eigenvalue weighted by atomic mass is 32.2. The summed E-state index contributed by atoms with van der Waals surface area (Å²) in [5, 5.41) is 1.37. The molecule has 4 heteroatoms. The summed E-state index contributed by atoms with van der Waals surface area (Å²) in [6, 6.07) is 9.60. The molecule has 1 aromatic rings. The number of hydrogen-bond acceptors (Lipinski definition) is 2. The van der Waals surface area contributed by atoms with Gasteiger partial charge in [-0.2, -0.15) is 4.31 Å². The highest BCUT2D eigenvalue weighted by Gasteiger charge is 2.34. The normalized spacial score (nSPS) is 27.6. The molecule has 2 aliphatic rings. The minimum Gasteiger partial charge on any atom is -0.208 e. The fourth-order valence-corrected chi connectivity index (χ4v) is 4.87. The van der Waals surface area contributed by atoms with Crippen molar-refractivity contribution in [2.75, 3.05) is 13.1 Å². The van der Waals surface area contributed by atoms with Gasteiger partial charge in [0.15, 0.2) is 0 Å². The minimum absolute atomic E-state index is 0.576. The van der Waals surface area contributed by atoms with Gasteiger partial charge in [0.2, 0.25) is 10.0 Å². The molecule has 0 amide bonds. The van der Waals surface area contributed by atoms with Gasteiger partial charge in [0.25, 0.3) is 0 Å². The van der Waals surface area contributed by atoms with E-state index in [1.54, 1.807) is 10.4 Å². The molecule has 2 fully saturated rings. The van der Waals surface area contributed by atoms with Gasteiger partial charge in [0.1, 0.15) is 0 Å². The molecule has 0 unspecified atom stereocenters. The van der Waals surface area contributed by atoms with E-state index in [1.807, 2.05) is 30.3 Å². The molecule has 3 nitrogen and oxygen atoms in total. The van der Waals surface area contributed by atoms with Crippen molar-refractivity contribution in [3.05, 3.63) is 41.3 Å². The Bertz CT molecular complexity index is 594. The Hall–Kier alpha value is -1.13. The lowest BCUT2D eigenvalue weighted by Crippen LogP contribution is -2.43. The van der Waals surface area contributed by atoms with Gasteiger partial charge in [-0.15, -0.1) is 0 Å². The first-order valence-corrected chi connectivity index (χ1v) is 9.39. The number of fused-ring (bicyclic) bond motifs is 1. The zero-order valence-corrected chi connectivity index (χ0v) is 13.1. The Morgan fingerprint density at radius 3 is 2.48 bits per heavy atom. The van der Waals surface area contributed by atoms with Crippen molar-refractivity contribution in [3.8, 4) is 0 Å². The summed E-state index contributed by atoms with van der Waals surface area (Å²) in [5.41, 5.74) is 0.925. The van der Waals surface area contributed by atoms with Crippen LogP contribution in [0.3, 0.4) is 0 Å². The predicted octanol–water partition coefficient (Wildman–Crippen LogP) is 3.50. The second-order valence-electron chi connectivity index (χ2n) is 6.21. The maximum Gasteiger partial charge on any atom is 0.236 e. The SMILES string of the molecule is O=S(=O)(/C=C/c1ccccc1)N1CC[C@@H]2CCCC[C@@H]2C1. The van der Waals surface area contributed by atoms with Crippen molar-refractivity contribution >= 4 is 16.1 Å². The molecule has 0 aromatic heterocycles. The first kappa shape index (κ1) is 14.8. The van der Waals surface area contributed by atoms with Crippen LogP contribution in [0.4, 0.5) is 0 Å². The Morgan fingerprint density at radius 1 is 1.00 bits per heavy atom. The van der Waals surface area contributed by atoms with Gasteiger partial charge >= 0.3 is 0 Å². The molecule has 1 saturated heterocycles. The summed E-state index contributed by atoms with van der Waals surface area (Å²) >= 11 is 0. The summed E-state index contributed by atoms with van der Waals surface area (Å²) in [7, 11) is -3.28. The Balaban J connectivity index is 1.69. The standard InChI is InChI=1S/C17H23NO2S/c19-21(20,13-11-15-6-2-1-3-7-15)18-12-10-16-8-4-5-9-17(16)14-18/h1-3,6-7,11,13,16-17H,4-5,8-10,12,14H2/b13-11+/t16-,17+/m0/s1. The lowest BCUT2D eigenvalue weighted by molar-refractivity contribution is 0.137. The second kappa shape index (κ2) is 6.32. The average molecular weight is 305 g/mol. The number of piperidine rings is 1. The van der Waals surface area contributed by atoms with Gasteiger partial charge in [-0.05, 0) is 36.3 Å². The van der Waals surface area contributed by atoms with Crippen molar-refractivity contribution in [3.63, 3.8) is 0 Å². The lowest BCUT2D eigenvalue weighted by atomic mass is 9.76. The molecule has 0 N–H and O–H groups in total. The number of sulfonamides is 1. The Kier molecular flexibility index (Phi) is 4.45. The fraction of sp³-hybridized carbons (Fsp3) is 0.529. The van der Waals surface area contributed by atoms with E-state index in [9.17, 15) is 8.42 Å². The fourth-order valence-electron chi connectivity index (χ4n) is 3.61. The zero-order chi connectivity index (χ0) is 14.7. The van der Waals surface area contributed by atoms with E-state index in [1.165, 1.54) is 31.1 Å². The number of rotatable bonds is 3. The van der Waals surface area contributed by atoms with Crippen molar-refractivity contribution in [1.82, 2.24) is 4.31 Å². The predicted molar refractivity (Wildman–Crippen MR) is 86.0 cm³/mol. The molecule has 1 saturated carbocycles. The van der Waals surface area contributed by atoms with Gasteiger partial charge in [0, 0.05) is 18.5 Å². The zero-order valence-electron chi connectivity index (χ0n) is 12.3. The second-order valence-corrected chi connectivity index (χ2v) is 8.03. The monoisotopic (exact) mass is 305 g/mol. The molecule has 0 radical (unpaired) electrons. The van der Waals surface area contributed by atoms with Crippen molar-refractivity contribution < 1.29 is 8.42 Å². The highest BCUT2D eigenvalue weighted by Crippen LogP contribution is 2.36. The lowest BCUT2D eigenvalue weighted by Gasteiger charge is -2.40. The third-order valence-electron chi connectivity index (χ3n) is 4.85. The van der Waals surface area contributed by atoms with Crippen LogP contribution >= 0.6 is 0 Å². The molecule has 1 aliphatic heterocycles. The molecule has 1 heterocycles. The Labute approximate surface area is 127 Å². The van der Waals surface area contributed by atoms with Gasteiger partial charge in [0.05, 0.1) is 0 Å². The summed E-state index contributed by atoms with van der Waals surface area (Å²) in [4.78, 5) is 0. The van der Waals surface area contributed by atoms with E-state index in [2.05, 4.69) is 0 Å². The topological polar surface area (TPSA) is 37.4 Å². The van der Waals surface area contributed by atoms with Crippen LogP contribution in [0.15, 0.2) is 35.7 Å². The molecule has 0 bridgehead atoms. The van der Waals surface area contributed by atoms with Crippen LogP contribution in [0.2, 0.25) is 0 Å². The van der Waals surface area contributed by atoms with Crippen LogP contribution in [0.1, 0.15) is 37.7 Å². The van der Waals surface area contributed by atoms with E-state index in [4.69, 9.17) is 0 Å². The summed E-state index contributed by atoms with van der Waals surface area (Å²) in [5.74, 6) is 1.33. The first-order chi connectivity index (χ1) is 10.1. The highest BCUT2D eigenvalue weighted by molar-refractivity contribution is 7.92. The quantitative estimate of drug-likeness (QED) is 0.857. The molecule has 21 heavy (non-hydrogen) atoms. The smallest absolute Gasteiger partial charge is 0.208 e. The van der Waals surface area contributed by atoms with Crippen molar-refractivity contribution in [2.24, 2.45) is 11.8 Å². The van der Waals surface area contributed by atoms with Crippen LogP contribution < -0.4 is 0 Å². The van der Waals surface area contributed by atoms with Crippen LogP contribution in [0.5, 0.6) is 0 Å². The molecule has 2 atom stereocenters. The molecular weight excluding hydrogens is 282 g/mol. The van der Waals surface area contributed by atoms with Gasteiger partial charge in [-0.25, -0.2) is 8.42 Å². The van der Waals surface area contributed by atoms with Gasteiger partial charge in [-0.3, -0.25) is 0 Å². The summed E-state index contributed by atoms with van der Waals surface area (Å²) in [6.45, 7) is 1.40. The van der Waals surface area contributed by atoms with E-state index in [0.717, 1.165) is 17.9 Å². The first-order valence-electron chi connectivity index (χ1n) is 7.88. The number of hydrogen-bond donors (Lipinski definition) is 0. The van der Waals surface area contributed by atoms with Crippen molar-refractivity contribution in [2.45, 2.75) is 32.1 Å². The third kappa shape index (κ3) is 3.55. The van der Waals surface area contributed by atoms with Crippen LogP contribution in [-0.2, 0) is 10.0 Å². The van der Waals surface area contributed by atoms with E-state index in [0.29, 0.717) is 19.0 Å². The molecule has 1 aliphatic carbocycles. The van der Waals surface area contributed by atoms with E-state index >= 15 is 0 Å². The molecule has 3 rings (SSSR count).